The van der Waals surface area contributed by atoms with E-state index in [0.717, 1.165) is 12.1 Å². The molecule has 0 unspecified atom stereocenters. The highest BCUT2D eigenvalue weighted by atomic mass is 16.4. The first-order valence-corrected chi connectivity index (χ1v) is 6.69. The van der Waals surface area contributed by atoms with Crippen LogP contribution in [0, 0.1) is 0 Å². The number of fused-ring (bicyclic) bond motifs is 1. The van der Waals surface area contributed by atoms with Gasteiger partial charge < -0.3 is 24.8 Å². The molecule has 0 aliphatic carbocycles. The summed E-state index contributed by atoms with van der Waals surface area (Å²) in [6.45, 7) is 0. The number of hydrogen-bond donors (Lipinski definition) is 5. The summed E-state index contributed by atoms with van der Waals surface area (Å²) >= 11 is 0. The number of anilines is 1. The van der Waals surface area contributed by atoms with E-state index in [4.69, 9.17) is 9.52 Å². The van der Waals surface area contributed by atoms with Gasteiger partial charge in [-0.2, -0.15) is 0 Å². The van der Waals surface area contributed by atoms with Crippen molar-refractivity contribution in [2.45, 2.75) is 0 Å². The van der Waals surface area contributed by atoms with Crippen molar-refractivity contribution >= 4 is 22.9 Å². The van der Waals surface area contributed by atoms with Gasteiger partial charge in [0.05, 0.1) is 5.56 Å². The summed E-state index contributed by atoms with van der Waals surface area (Å²) in [4.78, 5) is 23.7. The Morgan fingerprint density at radius 2 is 1.67 bits per heavy atom. The summed E-state index contributed by atoms with van der Waals surface area (Å²) in [6.07, 6.45) is -1.46. The van der Waals surface area contributed by atoms with Crippen LogP contribution in [-0.4, -0.2) is 26.5 Å². The molecule has 24 heavy (non-hydrogen) atoms. The Morgan fingerprint density at radius 1 is 1.00 bits per heavy atom. The van der Waals surface area contributed by atoms with Gasteiger partial charge >= 0.3 is 6.09 Å². The molecule has 1 heterocycles. The van der Waals surface area contributed by atoms with Gasteiger partial charge in [0.15, 0.2) is 0 Å². The van der Waals surface area contributed by atoms with Gasteiger partial charge in [-0.3, -0.25) is 10.1 Å². The molecule has 0 aliphatic heterocycles. The molecule has 0 aliphatic rings. The topological polar surface area (TPSA) is 140 Å². The standard InChI is InChI=1S/C16H11NO7/c18-8-3-1-7(2-4-8)12-14(21)13-10(20)5-9(19)6-11(13)24-15(12)17-16(22)23/h1-6,17-20H,(H,22,23). The van der Waals surface area contributed by atoms with Crippen molar-refractivity contribution in [1.29, 1.82) is 0 Å². The molecule has 0 fully saturated rings. The van der Waals surface area contributed by atoms with Crippen molar-refractivity contribution in [1.82, 2.24) is 0 Å². The highest BCUT2D eigenvalue weighted by Crippen LogP contribution is 2.34. The zero-order valence-corrected chi connectivity index (χ0v) is 12.0. The van der Waals surface area contributed by atoms with Crippen LogP contribution in [0.15, 0.2) is 45.6 Å². The van der Waals surface area contributed by atoms with Gasteiger partial charge in [-0.05, 0) is 17.7 Å². The quantitative estimate of drug-likeness (QED) is 0.487. The molecule has 0 bridgehead atoms. The number of nitrogens with one attached hydrogen (secondary N) is 1. The van der Waals surface area contributed by atoms with E-state index in [1.807, 2.05) is 5.32 Å². The van der Waals surface area contributed by atoms with Crippen molar-refractivity contribution < 1.29 is 29.6 Å². The first-order chi connectivity index (χ1) is 11.4. The van der Waals surface area contributed by atoms with E-state index >= 15 is 0 Å². The lowest BCUT2D eigenvalue weighted by molar-refractivity contribution is 0.209. The summed E-state index contributed by atoms with van der Waals surface area (Å²) in [5.74, 6) is -1.25. The fraction of sp³-hybridized carbons (Fsp3) is 0. The van der Waals surface area contributed by atoms with Crippen LogP contribution in [0.4, 0.5) is 10.7 Å². The second kappa shape index (κ2) is 5.51. The van der Waals surface area contributed by atoms with E-state index in [2.05, 4.69) is 0 Å². The number of aromatic hydroxyl groups is 3. The van der Waals surface area contributed by atoms with Crippen LogP contribution in [0.3, 0.4) is 0 Å². The van der Waals surface area contributed by atoms with Crippen LogP contribution in [0.2, 0.25) is 0 Å². The maximum Gasteiger partial charge on any atom is 0.411 e. The maximum absolute atomic E-state index is 12.8. The van der Waals surface area contributed by atoms with Crippen LogP contribution < -0.4 is 10.7 Å². The fourth-order valence-corrected chi connectivity index (χ4v) is 2.36. The zero-order chi connectivity index (χ0) is 17.4. The van der Waals surface area contributed by atoms with Crippen LogP contribution in [0.1, 0.15) is 0 Å². The number of benzene rings is 2. The molecule has 1 aromatic heterocycles. The van der Waals surface area contributed by atoms with Gasteiger partial charge in [0.1, 0.15) is 28.2 Å². The SMILES string of the molecule is O=C(O)Nc1oc2cc(O)cc(O)c2c(=O)c1-c1ccc(O)cc1. The van der Waals surface area contributed by atoms with Gasteiger partial charge in [0.2, 0.25) is 11.3 Å². The van der Waals surface area contributed by atoms with Crippen LogP contribution in [-0.2, 0) is 0 Å². The predicted molar refractivity (Wildman–Crippen MR) is 84.6 cm³/mol. The molecular formula is C16H11NO7. The number of hydrogen-bond acceptors (Lipinski definition) is 6. The Hall–Kier alpha value is -3.68. The molecule has 0 saturated heterocycles. The minimum absolute atomic E-state index is 0.0376. The fourth-order valence-electron chi connectivity index (χ4n) is 2.36. The van der Waals surface area contributed by atoms with Gasteiger partial charge in [-0.25, -0.2) is 4.79 Å². The first kappa shape index (κ1) is 15.2. The number of carbonyl (C=O) groups is 1. The monoisotopic (exact) mass is 329 g/mol. The molecular weight excluding hydrogens is 318 g/mol. The van der Waals surface area contributed by atoms with Gasteiger partial charge in [0, 0.05) is 12.1 Å². The Labute approximate surface area is 133 Å². The Balaban J connectivity index is 2.40. The molecule has 0 saturated carbocycles. The summed E-state index contributed by atoms with van der Waals surface area (Å²) in [6, 6.07) is 7.50. The average molecular weight is 329 g/mol. The van der Waals surface area contributed by atoms with E-state index in [0.29, 0.717) is 0 Å². The third-order valence-electron chi connectivity index (χ3n) is 3.34. The van der Waals surface area contributed by atoms with Crippen molar-refractivity contribution in [2.75, 3.05) is 5.32 Å². The van der Waals surface area contributed by atoms with E-state index in [9.17, 15) is 24.9 Å². The third-order valence-corrected chi connectivity index (χ3v) is 3.34. The third kappa shape index (κ3) is 2.56. The molecule has 0 spiro atoms. The van der Waals surface area contributed by atoms with Crippen molar-refractivity contribution in [2.24, 2.45) is 0 Å². The molecule has 0 radical (unpaired) electrons. The molecule has 1 amide bonds. The van der Waals surface area contributed by atoms with Crippen LogP contribution in [0.5, 0.6) is 17.2 Å². The number of carboxylic acid groups (broad SMARTS) is 1. The molecule has 5 N–H and O–H groups in total. The second-order valence-corrected chi connectivity index (χ2v) is 4.95. The first-order valence-electron chi connectivity index (χ1n) is 6.69. The Bertz CT molecular complexity index is 1010. The smallest absolute Gasteiger partial charge is 0.411 e. The lowest BCUT2D eigenvalue weighted by atomic mass is 10.0. The lowest BCUT2D eigenvalue weighted by Gasteiger charge is -2.10. The van der Waals surface area contributed by atoms with Gasteiger partial charge in [-0.1, -0.05) is 12.1 Å². The van der Waals surface area contributed by atoms with Crippen LogP contribution in [0.25, 0.3) is 22.1 Å². The lowest BCUT2D eigenvalue weighted by Crippen LogP contribution is -2.14. The van der Waals surface area contributed by atoms with E-state index in [1.165, 1.54) is 24.3 Å². The molecule has 3 rings (SSSR count). The van der Waals surface area contributed by atoms with E-state index in [1.54, 1.807) is 0 Å². The molecule has 0 atom stereocenters. The summed E-state index contributed by atoms with van der Waals surface area (Å²) in [5, 5.41) is 39.5. The summed E-state index contributed by atoms with van der Waals surface area (Å²) in [7, 11) is 0. The van der Waals surface area contributed by atoms with Crippen LogP contribution >= 0.6 is 0 Å². The highest BCUT2D eigenvalue weighted by molar-refractivity contribution is 5.95. The maximum atomic E-state index is 12.8. The number of amides is 1. The minimum atomic E-state index is -1.46. The summed E-state index contributed by atoms with van der Waals surface area (Å²) < 4.78 is 5.36. The molecule has 8 heteroatoms. The predicted octanol–water partition coefficient (Wildman–Crippen LogP) is 2.67. The number of rotatable bonds is 2. The van der Waals surface area contributed by atoms with Crippen molar-refractivity contribution in [3.8, 4) is 28.4 Å². The Kier molecular flexibility index (Phi) is 3.49. The Morgan fingerprint density at radius 3 is 2.29 bits per heavy atom. The normalized spacial score (nSPS) is 10.7. The number of phenols is 3. The van der Waals surface area contributed by atoms with E-state index < -0.39 is 17.3 Å². The van der Waals surface area contributed by atoms with Gasteiger partial charge in [0.25, 0.3) is 0 Å². The minimum Gasteiger partial charge on any atom is -0.508 e. The molecule has 3 aromatic rings. The summed E-state index contributed by atoms with van der Waals surface area (Å²) in [5.41, 5.74) is -0.725. The average Bonchev–Trinajstić information content (AvgIpc) is 2.47. The number of phenolic OH excluding ortho intramolecular Hbond substituents is 3. The second-order valence-electron chi connectivity index (χ2n) is 4.95. The van der Waals surface area contributed by atoms with Crippen molar-refractivity contribution in [3.05, 3.63) is 46.6 Å². The van der Waals surface area contributed by atoms with Gasteiger partial charge in [-0.15, -0.1) is 0 Å². The van der Waals surface area contributed by atoms with E-state index in [-0.39, 0.29) is 39.5 Å². The van der Waals surface area contributed by atoms with Crippen molar-refractivity contribution in [3.63, 3.8) is 0 Å². The largest absolute Gasteiger partial charge is 0.508 e. The molecule has 122 valence electrons. The molecule has 2 aromatic carbocycles. The highest BCUT2D eigenvalue weighted by Gasteiger charge is 2.20. The zero-order valence-electron chi connectivity index (χ0n) is 12.0. The molecule has 8 nitrogen and oxygen atoms in total.